The third-order valence-corrected chi connectivity index (χ3v) is 7.17. The first kappa shape index (κ1) is 22.3. The second kappa shape index (κ2) is 9.62. The second-order valence-electron chi connectivity index (χ2n) is 7.91. The number of carbonyl (C=O) groups excluding carboxylic acids is 1. The third-order valence-electron chi connectivity index (χ3n) is 5.27. The Morgan fingerprint density at radius 1 is 1.00 bits per heavy atom. The smallest absolute Gasteiger partial charge is 0.262 e. The number of ether oxygens (including phenoxy) is 1. The Morgan fingerprint density at radius 2 is 1.63 bits per heavy atom. The summed E-state index contributed by atoms with van der Waals surface area (Å²) in [6.07, 6.45) is 3.87. The Bertz CT molecular complexity index is 987. The molecule has 1 amide bonds. The highest BCUT2D eigenvalue weighted by atomic mass is 32.2. The van der Waals surface area contributed by atoms with Gasteiger partial charge in [0.15, 0.2) is 6.61 Å². The minimum atomic E-state index is -3.56. The van der Waals surface area contributed by atoms with E-state index in [0.717, 1.165) is 42.4 Å². The van der Waals surface area contributed by atoms with Gasteiger partial charge in [-0.1, -0.05) is 36.6 Å². The van der Waals surface area contributed by atoms with Crippen molar-refractivity contribution >= 4 is 21.6 Å². The molecule has 1 saturated heterocycles. The van der Waals surface area contributed by atoms with E-state index >= 15 is 0 Å². The van der Waals surface area contributed by atoms with E-state index in [-0.39, 0.29) is 17.4 Å². The van der Waals surface area contributed by atoms with Gasteiger partial charge in [0.1, 0.15) is 5.75 Å². The van der Waals surface area contributed by atoms with Gasteiger partial charge in [-0.15, -0.1) is 0 Å². The molecule has 6 nitrogen and oxygen atoms in total. The van der Waals surface area contributed by atoms with Crippen LogP contribution in [0.4, 0.5) is 5.69 Å². The molecule has 3 rings (SSSR count). The van der Waals surface area contributed by atoms with Crippen molar-refractivity contribution in [1.29, 1.82) is 0 Å². The Kier molecular flexibility index (Phi) is 7.15. The molecule has 162 valence electrons. The fourth-order valence-corrected chi connectivity index (χ4v) is 5.46. The van der Waals surface area contributed by atoms with E-state index in [1.165, 1.54) is 6.07 Å². The van der Waals surface area contributed by atoms with Crippen LogP contribution in [0.2, 0.25) is 0 Å². The van der Waals surface area contributed by atoms with E-state index in [2.05, 4.69) is 5.32 Å². The molecule has 0 unspecified atom stereocenters. The monoisotopic (exact) mass is 430 g/mol. The second-order valence-corrected chi connectivity index (χ2v) is 9.85. The summed E-state index contributed by atoms with van der Waals surface area (Å²) in [5, 5.41) is 2.74. The molecule has 2 aromatic carbocycles. The fourth-order valence-electron chi connectivity index (χ4n) is 3.89. The summed E-state index contributed by atoms with van der Waals surface area (Å²) in [6.45, 7) is 6.86. The normalized spacial score (nSPS) is 15.4. The van der Waals surface area contributed by atoms with E-state index in [9.17, 15) is 13.2 Å². The van der Waals surface area contributed by atoms with Crippen LogP contribution < -0.4 is 10.1 Å². The van der Waals surface area contributed by atoms with Crippen LogP contribution in [0.25, 0.3) is 0 Å². The zero-order chi connectivity index (χ0) is 21.7. The van der Waals surface area contributed by atoms with Crippen LogP contribution in [-0.2, 0) is 14.8 Å². The molecule has 0 bridgehead atoms. The van der Waals surface area contributed by atoms with E-state index in [4.69, 9.17) is 4.74 Å². The summed E-state index contributed by atoms with van der Waals surface area (Å²) < 4.78 is 33.2. The van der Waals surface area contributed by atoms with E-state index in [1.807, 2.05) is 32.9 Å². The lowest BCUT2D eigenvalue weighted by molar-refractivity contribution is -0.118. The lowest BCUT2D eigenvalue weighted by Gasteiger charge is -2.20. The molecule has 1 aliphatic rings. The molecule has 0 spiro atoms. The largest absolute Gasteiger partial charge is 0.483 e. The van der Waals surface area contributed by atoms with Crippen LogP contribution in [0.1, 0.15) is 42.4 Å². The van der Waals surface area contributed by atoms with Gasteiger partial charge in [-0.25, -0.2) is 8.42 Å². The molecular formula is C23H30N2O4S. The Morgan fingerprint density at radius 3 is 2.27 bits per heavy atom. The number of carbonyl (C=O) groups is 1. The van der Waals surface area contributed by atoms with E-state index < -0.39 is 10.0 Å². The number of amides is 1. The van der Waals surface area contributed by atoms with Crippen molar-refractivity contribution in [1.82, 2.24) is 4.31 Å². The number of hydrogen-bond donors (Lipinski definition) is 1. The predicted molar refractivity (Wildman–Crippen MR) is 118 cm³/mol. The van der Waals surface area contributed by atoms with Crippen LogP contribution in [-0.4, -0.2) is 38.3 Å². The maximum absolute atomic E-state index is 13.0. The maximum atomic E-state index is 13.0. The molecule has 2 aromatic rings. The minimum absolute atomic E-state index is 0.145. The van der Waals surface area contributed by atoms with Gasteiger partial charge in [0, 0.05) is 18.8 Å². The molecule has 1 fully saturated rings. The van der Waals surface area contributed by atoms with Gasteiger partial charge in [-0.05, 0) is 62.9 Å². The summed E-state index contributed by atoms with van der Waals surface area (Å²) in [5.41, 5.74) is 3.54. The van der Waals surface area contributed by atoms with Crippen molar-refractivity contribution < 1.29 is 17.9 Å². The number of rotatable bonds is 6. The SMILES string of the molecule is Cc1cc(C)c(OCC(=O)Nc2cccc(S(=O)(=O)N3CCCCCC3)c2)c(C)c1. The predicted octanol–water partition coefficient (Wildman–Crippen LogP) is 4.19. The minimum Gasteiger partial charge on any atom is -0.483 e. The number of benzene rings is 2. The number of hydrogen-bond acceptors (Lipinski definition) is 4. The number of nitrogens with one attached hydrogen (secondary N) is 1. The van der Waals surface area contributed by atoms with Crippen LogP contribution in [0.15, 0.2) is 41.3 Å². The van der Waals surface area contributed by atoms with E-state index in [1.54, 1.807) is 22.5 Å². The molecule has 1 heterocycles. The van der Waals surface area contributed by atoms with Crippen molar-refractivity contribution in [3.8, 4) is 5.75 Å². The number of nitrogens with zero attached hydrogens (tertiary/aromatic N) is 1. The van der Waals surface area contributed by atoms with Crippen LogP contribution in [0.5, 0.6) is 5.75 Å². The van der Waals surface area contributed by atoms with Gasteiger partial charge < -0.3 is 10.1 Å². The fraction of sp³-hybridized carbons (Fsp3) is 0.435. The van der Waals surface area contributed by atoms with Gasteiger partial charge in [0.25, 0.3) is 5.91 Å². The van der Waals surface area contributed by atoms with Gasteiger partial charge in [0.2, 0.25) is 10.0 Å². The van der Waals surface area contributed by atoms with Crippen molar-refractivity contribution in [2.24, 2.45) is 0 Å². The van der Waals surface area contributed by atoms with Gasteiger partial charge in [-0.2, -0.15) is 4.31 Å². The topological polar surface area (TPSA) is 75.7 Å². The van der Waals surface area contributed by atoms with Crippen molar-refractivity contribution in [2.75, 3.05) is 25.0 Å². The summed E-state index contributed by atoms with van der Waals surface area (Å²) >= 11 is 0. The molecule has 1 N–H and O–H groups in total. The third kappa shape index (κ3) is 5.40. The lowest BCUT2D eigenvalue weighted by Crippen LogP contribution is -2.32. The molecular weight excluding hydrogens is 400 g/mol. The molecule has 0 saturated carbocycles. The molecule has 0 radical (unpaired) electrons. The first-order valence-electron chi connectivity index (χ1n) is 10.4. The number of aryl methyl sites for hydroxylation is 3. The Labute approximate surface area is 179 Å². The number of anilines is 1. The molecule has 30 heavy (non-hydrogen) atoms. The molecule has 7 heteroatoms. The Balaban J connectivity index is 1.67. The zero-order valence-electron chi connectivity index (χ0n) is 17.9. The number of sulfonamides is 1. The summed E-state index contributed by atoms with van der Waals surface area (Å²) in [6, 6.07) is 10.4. The van der Waals surface area contributed by atoms with Crippen LogP contribution in [0, 0.1) is 20.8 Å². The van der Waals surface area contributed by atoms with Gasteiger partial charge in [-0.3, -0.25) is 4.79 Å². The zero-order valence-corrected chi connectivity index (χ0v) is 18.7. The van der Waals surface area contributed by atoms with Crippen molar-refractivity contribution in [3.05, 3.63) is 53.1 Å². The standard InChI is InChI=1S/C23H30N2O4S/c1-17-13-18(2)23(19(3)14-17)29-16-22(26)24-20-9-8-10-21(15-20)30(27,28)25-11-6-4-5-7-12-25/h8-10,13-15H,4-7,11-12,16H2,1-3H3,(H,24,26). The van der Waals surface area contributed by atoms with Gasteiger partial charge in [0.05, 0.1) is 4.90 Å². The molecule has 0 aromatic heterocycles. The highest BCUT2D eigenvalue weighted by molar-refractivity contribution is 7.89. The van der Waals surface area contributed by atoms with E-state index in [0.29, 0.717) is 24.5 Å². The highest BCUT2D eigenvalue weighted by Gasteiger charge is 2.25. The average molecular weight is 431 g/mol. The first-order valence-corrected chi connectivity index (χ1v) is 11.8. The Hall–Kier alpha value is -2.38. The molecule has 0 aliphatic carbocycles. The molecule has 0 atom stereocenters. The first-order chi connectivity index (χ1) is 14.3. The summed E-state index contributed by atoms with van der Waals surface area (Å²) in [4.78, 5) is 12.6. The lowest BCUT2D eigenvalue weighted by atomic mass is 10.1. The van der Waals surface area contributed by atoms with Gasteiger partial charge >= 0.3 is 0 Å². The van der Waals surface area contributed by atoms with Crippen LogP contribution >= 0.6 is 0 Å². The summed E-state index contributed by atoms with van der Waals surface area (Å²) in [7, 11) is -3.56. The maximum Gasteiger partial charge on any atom is 0.262 e. The quantitative estimate of drug-likeness (QED) is 0.745. The van der Waals surface area contributed by atoms with Crippen molar-refractivity contribution in [3.63, 3.8) is 0 Å². The summed E-state index contributed by atoms with van der Waals surface area (Å²) in [5.74, 6) is 0.368. The van der Waals surface area contributed by atoms with Crippen molar-refractivity contribution in [2.45, 2.75) is 51.3 Å². The highest BCUT2D eigenvalue weighted by Crippen LogP contribution is 2.25. The van der Waals surface area contributed by atoms with Crippen LogP contribution in [0.3, 0.4) is 0 Å². The average Bonchev–Trinajstić information content (AvgIpc) is 2.97. The molecule has 1 aliphatic heterocycles.